The van der Waals surface area contributed by atoms with Crippen molar-refractivity contribution < 1.29 is 15.3 Å². The van der Waals surface area contributed by atoms with Gasteiger partial charge in [-0.15, -0.1) is 0 Å². The van der Waals surface area contributed by atoms with E-state index in [9.17, 15) is 15.3 Å². The maximum Gasteiger partial charge on any atom is 0.123 e. The molecule has 118 valence electrons. The van der Waals surface area contributed by atoms with Crippen LogP contribution in [0.3, 0.4) is 0 Å². The number of phenolic OH excluding ortho intramolecular Hbond substituents is 3. The summed E-state index contributed by atoms with van der Waals surface area (Å²) in [4.78, 5) is 0. The Morgan fingerprint density at radius 3 is 2.23 bits per heavy atom. The molecule has 3 N–H and O–H groups in total. The third-order valence-corrected chi connectivity index (χ3v) is 4.55. The van der Waals surface area contributed by atoms with Crippen molar-refractivity contribution in [2.75, 3.05) is 0 Å². The smallest absolute Gasteiger partial charge is 0.123 e. The fourth-order valence-corrected chi connectivity index (χ4v) is 2.76. The lowest BCUT2D eigenvalue weighted by Gasteiger charge is -2.28. The predicted octanol–water partition coefficient (Wildman–Crippen LogP) is 4.64. The number of hydrogen-bond donors (Lipinski definition) is 3. The van der Waals surface area contributed by atoms with E-state index in [1.165, 1.54) is 6.07 Å². The van der Waals surface area contributed by atoms with Gasteiger partial charge in [-0.05, 0) is 35.6 Å². The van der Waals surface area contributed by atoms with E-state index >= 15 is 0 Å². The topological polar surface area (TPSA) is 60.7 Å². The fourth-order valence-electron chi connectivity index (χ4n) is 2.76. The second-order valence-electron chi connectivity index (χ2n) is 6.41. The van der Waals surface area contributed by atoms with Crippen LogP contribution in [-0.2, 0) is 5.41 Å². The average molecular weight is 300 g/mol. The molecule has 22 heavy (non-hydrogen) atoms. The molecule has 2 rings (SSSR count). The highest BCUT2D eigenvalue weighted by Gasteiger charge is 2.27. The molecule has 0 radical (unpaired) electrons. The summed E-state index contributed by atoms with van der Waals surface area (Å²) in [5.41, 5.74) is 2.24. The molecule has 0 saturated heterocycles. The molecule has 3 nitrogen and oxygen atoms in total. The zero-order chi connectivity index (χ0) is 16.5. The molecule has 0 aliphatic heterocycles. The lowest BCUT2D eigenvalue weighted by molar-refractivity contribution is 0.435. The molecule has 2 aromatic carbocycles. The molecule has 0 bridgehead atoms. The first-order valence-corrected chi connectivity index (χ1v) is 7.63. The van der Waals surface area contributed by atoms with Crippen LogP contribution < -0.4 is 0 Å². The van der Waals surface area contributed by atoms with Crippen molar-refractivity contribution >= 4 is 0 Å². The molecule has 0 aromatic heterocycles. The van der Waals surface area contributed by atoms with E-state index in [1.807, 2.05) is 26.0 Å². The molecule has 0 spiro atoms. The van der Waals surface area contributed by atoms with Gasteiger partial charge in [-0.1, -0.05) is 45.9 Å². The van der Waals surface area contributed by atoms with Crippen LogP contribution in [0.15, 0.2) is 36.4 Å². The Morgan fingerprint density at radius 2 is 1.64 bits per heavy atom. The normalized spacial score (nSPS) is 13.1. The maximum atomic E-state index is 10.2. The van der Waals surface area contributed by atoms with Crippen LogP contribution in [0.2, 0.25) is 0 Å². The Bertz CT molecular complexity index is 674. The van der Waals surface area contributed by atoms with E-state index in [1.54, 1.807) is 18.2 Å². The highest BCUT2D eigenvalue weighted by molar-refractivity contribution is 5.50. The minimum Gasteiger partial charge on any atom is -0.508 e. The predicted molar refractivity (Wildman–Crippen MR) is 88.7 cm³/mol. The lowest BCUT2D eigenvalue weighted by Crippen LogP contribution is -2.19. The molecule has 0 heterocycles. The Morgan fingerprint density at radius 1 is 0.955 bits per heavy atom. The van der Waals surface area contributed by atoms with Crippen LogP contribution in [0, 0.1) is 0 Å². The van der Waals surface area contributed by atoms with Gasteiger partial charge in [0, 0.05) is 17.0 Å². The van der Waals surface area contributed by atoms with Crippen molar-refractivity contribution in [1.82, 2.24) is 0 Å². The largest absolute Gasteiger partial charge is 0.508 e. The van der Waals surface area contributed by atoms with Crippen LogP contribution in [0.1, 0.15) is 56.7 Å². The van der Waals surface area contributed by atoms with Gasteiger partial charge in [0.05, 0.1) is 0 Å². The maximum absolute atomic E-state index is 10.2. The molecule has 0 saturated carbocycles. The highest BCUT2D eigenvalue weighted by Crippen LogP contribution is 2.40. The second-order valence-corrected chi connectivity index (χ2v) is 6.41. The molecule has 0 fully saturated rings. The van der Waals surface area contributed by atoms with Crippen LogP contribution in [-0.4, -0.2) is 15.3 Å². The van der Waals surface area contributed by atoms with Crippen molar-refractivity contribution in [2.45, 2.75) is 45.4 Å². The average Bonchev–Trinajstić information content (AvgIpc) is 2.46. The summed E-state index contributed by atoms with van der Waals surface area (Å²) in [5, 5.41) is 29.7. The van der Waals surface area contributed by atoms with Crippen molar-refractivity contribution in [2.24, 2.45) is 0 Å². The van der Waals surface area contributed by atoms with Crippen molar-refractivity contribution in [3.8, 4) is 17.2 Å². The summed E-state index contributed by atoms with van der Waals surface area (Å²) in [5.74, 6) is 0.694. The highest BCUT2D eigenvalue weighted by atomic mass is 16.3. The SMILES string of the molecule is CCC(C)c1cc(C(C)(C)c2ccc(O)cc2O)ccc1O. The van der Waals surface area contributed by atoms with Gasteiger partial charge in [0.2, 0.25) is 0 Å². The fraction of sp³-hybridized carbons (Fsp3) is 0.368. The second kappa shape index (κ2) is 5.91. The monoisotopic (exact) mass is 300 g/mol. The van der Waals surface area contributed by atoms with E-state index in [2.05, 4.69) is 13.8 Å². The molecule has 1 atom stereocenters. The number of hydrogen-bond acceptors (Lipinski definition) is 3. The first-order valence-electron chi connectivity index (χ1n) is 7.63. The van der Waals surface area contributed by atoms with Gasteiger partial charge in [0.1, 0.15) is 17.2 Å². The van der Waals surface area contributed by atoms with Crippen LogP contribution in [0.5, 0.6) is 17.2 Å². The van der Waals surface area contributed by atoms with E-state index in [0.29, 0.717) is 5.75 Å². The first kappa shape index (κ1) is 16.2. The van der Waals surface area contributed by atoms with Crippen LogP contribution in [0.4, 0.5) is 0 Å². The number of rotatable bonds is 4. The molecule has 0 aliphatic rings. The molecular formula is C19H24O3. The summed E-state index contributed by atoms with van der Waals surface area (Å²) >= 11 is 0. The zero-order valence-corrected chi connectivity index (χ0v) is 13.6. The van der Waals surface area contributed by atoms with E-state index in [-0.39, 0.29) is 17.4 Å². The molecule has 3 heteroatoms. The van der Waals surface area contributed by atoms with E-state index in [4.69, 9.17) is 0 Å². The van der Waals surface area contributed by atoms with Crippen LogP contribution in [0.25, 0.3) is 0 Å². The summed E-state index contributed by atoms with van der Waals surface area (Å²) in [7, 11) is 0. The van der Waals surface area contributed by atoms with Crippen molar-refractivity contribution in [1.29, 1.82) is 0 Å². The third kappa shape index (κ3) is 2.89. The first-order chi connectivity index (χ1) is 10.3. The number of phenols is 3. The number of aromatic hydroxyl groups is 3. The molecular weight excluding hydrogens is 276 g/mol. The van der Waals surface area contributed by atoms with Gasteiger partial charge < -0.3 is 15.3 Å². The minimum atomic E-state index is -0.437. The van der Waals surface area contributed by atoms with E-state index < -0.39 is 5.41 Å². The summed E-state index contributed by atoms with van der Waals surface area (Å²) in [6.45, 7) is 8.22. The molecule has 2 aromatic rings. The molecule has 1 unspecified atom stereocenters. The quantitative estimate of drug-likeness (QED) is 0.770. The van der Waals surface area contributed by atoms with Gasteiger partial charge in [-0.3, -0.25) is 0 Å². The lowest BCUT2D eigenvalue weighted by atomic mass is 9.76. The van der Waals surface area contributed by atoms with E-state index in [0.717, 1.165) is 23.1 Å². The van der Waals surface area contributed by atoms with Gasteiger partial charge in [0.25, 0.3) is 0 Å². The standard InChI is InChI=1S/C19H24O3/c1-5-12(2)15-10-13(6-9-17(15)21)19(3,4)16-8-7-14(20)11-18(16)22/h6-12,20-22H,5H2,1-4H3. The van der Waals surface area contributed by atoms with Crippen molar-refractivity contribution in [3.05, 3.63) is 53.1 Å². The summed E-state index contributed by atoms with van der Waals surface area (Å²) in [6, 6.07) is 10.3. The minimum absolute atomic E-state index is 0.0445. The van der Waals surface area contributed by atoms with Gasteiger partial charge >= 0.3 is 0 Å². The van der Waals surface area contributed by atoms with Gasteiger partial charge in [-0.2, -0.15) is 0 Å². The van der Waals surface area contributed by atoms with Crippen LogP contribution >= 0.6 is 0 Å². The van der Waals surface area contributed by atoms with Gasteiger partial charge in [0.15, 0.2) is 0 Å². The summed E-state index contributed by atoms with van der Waals surface area (Å²) in [6.07, 6.45) is 0.946. The van der Waals surface area contributed by atoms with Crippen molar-refractivity contribution in [3.63, 3.8) is 0 Å². The Labute approximate surface area is 131 Å². The number of benzene rings is 2. The third-order valence-electron chi connectivity index (χ3n) is 4.55. The molecule has 0 aliphatic carbocycles. The molecule has 0 amide bonds. The zero-order valence-electron chi connectivity index (χ0n) is 13.6. The Hall–Kier alpha value is -2.16. The van der Waals surface area contributed by atoms with Gasteiger partial charge in [-0.25, -0.2) is 0 Å². The Kier molecular flexibility index (Phi) is 4.36. The Balaban J connectivity index is 2.53. The summed E-state index contributed by atoms with van der Waals surface area (Å²) < 4.78 is 0.